The van der Waals surface area contributed by atoms with Gasteiger partial charge in [0.25, 0.3) is 0 Å². The van der Waals surface area contributed by atoms with Crippen LogP contribution in [0.2, 0.25) is 0 Å². The third kappa shape index (κ3) is 1.18. The van der Waals surface area contributed by atoms with E-state index in [4.69, 9.17) is 10.2 Å². The van der Waals surface area contributed by atoms with Crippen molar-refractivity contribution in [2.45, 2.75) is 30.2 Å². The van der Waals surface area contributed by atoms with Gasteiger partial charge in [0.1, 0.15) is 12.2 Å². The Bertz CT molecular complexity index is 318. The Kier molecular flexibility index (Phi) is 1.85. The number of halogens is 4. The second kappa shape index (κ2) is 2.62. The Morgan fingerprint density at radius 3 is 2.27 bits per heavy atom. The molecular weight excluding hydrogens is 224 g/mol. The molecule has 0 spiro atoms. The maximum absolute atomic E-state index is 12.9. The first kappa shape index (κ1) is 10.6. The number of aliphatic hydroxyl groups excluding tert-OH is 1. The third-order valence-corrected chi connectivity index (χ3v) is 2.70. The van der Waals surface area contributed by atoms with Crippen molar-refractivity contribution in [1.29, 1.82) is 0 Å². The molecule has 0 radical (unpaired) electrons. The van der Waals surface area contributed by atoms with Gasteiger partial charge in [-0.15, -0.1) is 0 Å². The van der Waals surface area contributed by atoms with Crippen molar-refractivity contribution >= 4 is 5.97 Å². The lowest BCUT2D eigenvalue weighted by Gasteiger charge is -2.26. The number of hydrogen-bond donors (Lipinski definition) is 2. The summed E-state index contributed by atoms with van der Waals surface area (Å²) in [5, 5.41) is 17.1. The molecule has 0 aromatic carbocycles. The highest BCUT2D eigenvalue weighted by atomic mass is 19.3. The van der Waals surface area contributed by atoms with Gasteiger partial charge in [0, 0.05) is 0 Å². The molecule has 0 aromatic heterocycles. The molecule has 86 valence electrons. The molecule has 1 saturated heterocycles. The number of aliphatic hydroxyl groups is 1. The topological polar surface area (TPSA) is 70.1 Å². The van der Waals surface area contributed by atoms with Crippen LogP contribution in [-0.2, 0) is 9.53 Å². The van der Waals surface area contributed by atoms with E-state index in [1.165, 1.54) is 0 Å². The van der Waals surface area contributed by atoms with Gasteiger partial charge in [-0.1, -0.05) is 0 Å². The molecule has 1 saturated carbocycles. The molecule has 4 unspecified atom stereocenters. The lowest BCUT2D eigenvalue weighted by molar-refractivity contribution is -0.204. The fraction of sp³-hybridized carbons (Fsp3) is 0.857. The van der Waals surface area contributed by atoms with Crippen LogP contribution in [0.5, 0.6) is 0 Å². The zero-order chi connectivity index (χ0) is 11.6. The molecule has 0 aromatic rings. The van der Waals surface area contributed by atoms with Gasteiger partial charge in [0.05, 0.1) is 5.92 Å². The van der Waals surface area contributed by atoms with Crippen LogP contribution in [0.3, 0.4) is 0 Å². The second-order valence-corrected chi connectivity index (χ2v) is 3.59. The van der Waals surface area contributed by atoms with E-state index in [1.807, 2.05) is 0 Å². The molecule has 0 bridgehead atoms. The fourth-order valence-corrected chi connectivity index (χ4v) is 1.84. The summed E-state index contributed by atoms with van der Waals surface area (Å²) in [5.74, 6) is -13.2. The van der Waals surface area contributed by atoms with Crippen molar-refractivity contribution in [3.8, 4) is 0 Å². The molecule has 15 heavy (non-hydrogen) atoms. The predicted octanol–water partition coefficient (Wildman–Crippen LogP) is 0.0997. The number of carboxylic acids is 1. The minimum Gasteiger partial charge on any atom is -0.477 e. The highest BCUT2D eigenvalue weighted by Gasteiger charge is 2.79. The Balaban J connectivity index is 2.30. The fourth-order valence-electron chi connectivity index (χ4n) is 1.84. The number of aliphatic carboxylic acids is 1. The van der Waals surface area contributed by atoms with Gasteiger partial charge in [0.2, 0.25) is 0 Å². The molecule has 2 rings (SSSR count). The van der Waals surface area contributed by atoms with Crippen molar-refractivity contribution in [2.24, 2.45) is 5.92 Å². The summed E-state index contributed by atoms with van der Waals surface area (Å²) in [6.45, 7) is 0. The maximum Gasteiger partial charge on any atom is 0.375 e. The Hall–Kier alpha value is -0.890. The molecule has 4 atom stereocenters. The first-order chi connectivity index (χ1) is 6.70. The summed E-state index contributed by atoms with van der Waals surface area (Å²) in [7, 11) is 0. The van der Waals surface area contributed by atoms with E-state index in [0.717, 1.165) is 0 Å². The van der Waals surface area contributed by atoms with Crippen LogP contribution in [0.1, 0.15) is 0 Å². The Morgan fingerprint density at radius 1 is 1.40 bits per heavy atom. The molecule has 4 nitrogen and oxygen atoms in total. The monoisotopic (exact) mass is 230 g/mol. The van der Waals surface area contributed by atoms with Crippen LogP contribution >= 0.6 is 0 Å². The van der Waals surface area contributed by atoms with E-state index in [0.29, 0.717) is 0 Å². The van der Waals surface area contributed by atoms with E-state index >= 15 is 0 Å². The molecular formula is C7H6F4O4. The van der Waals surface area contributed by atoms with Gasteiger partial charge >= 0.3 is 17.8 Å². The summed E-state index contributed by atoms with van der Waals surface area (Å²) in [4.78, 5) is 10.2. The van der Waals surface area contributed by atoms with Gasteiger partial charge in [-0.05, 0) is 0 Å². The minimum atomic E-state index is -4.42. The van der Waals surface area contributed by atoms with E-state index in [1.54, 1.807) is 0 Å². The van der Waals surface area contributed by atoms with E-state index < -0.39 is 42.0 Å². The van der Waals surface area contributed by atoms with Crippen molar-refractivity contribution in [3.63, 3.8) is 0 Å². The number of rotatable bonds is 2. The minimum absolute atomic E-state index is 1.58. The first-order valence-corrected chi connectivity index (χ1v) is 4.03. The number of carbonyl (C=O) groups is 1. The summed E-state index contributed by atoms with van der Waals surface area (Å²) in [6.07, 6.45) is -6.06. The van der Waals surface area contributed by atoms with Gasteiger partial charge in [-0.3, -0.25) is 0 Å². The zero-order valence-electron chi connectivity index (χ0n) is 7.03. The molecule has 2 aliphatic rings. The van der Waals surface area contributed by atoms with Gasteiger partial charge in [0.15, 0.2) is 6.10 Å². The summed E-state index contributed by atoms with van der Waals surface area (Å²) in [5.41, 5.74) is 0. The lowest BCUT2D eigenvalue weighted by atomic mass is 9.96. The van der Waals surface area contributed by atoms with Crippen molar-refractivity contribution in [3.05, 3.63) is 0 Å². The van der Waals surface area contributed by atoms with E-state index in [9.17, 15) is 22.4 Å². The molecule has 2 N–H and O–H groups in total. The van der Waals surface area contributed by atoms with Gasteiger partial charge < -0.3 is 14.9 Å². The first-order valence-electron chi connectivity index (χ1n) is 4.03. The van der Waals surface area contributed by atoms with E-state index in [2.05, 4.69) is 4.74 Å². The summed E-state index contributed by atoms with van der Waals surface area (Å²) < 4.78 is 56.0. The standard InChI is InChI=1S/C7H6F4O4/c8-6(9,5(13)14)1-2-4(15-2)7(10,11)3(1)12/h1-4,12H,(H,13,14). The molecule has 8 heteroatoms. The second-order valence-electron chi connectivity index (χ2n) is 3.59. The zero-order valence-corrected chi connectivity index (χ0v) is 7.03. The average Bonchev–Trinajstić information content (AvgIpc) is 2.79. The van der Waals surface area contributed by atoms with Crippen LogP contribution in [0.4, 0.5) is 17.6 Å². The van der Waals surface area contributed by atoms with Crippen LogP contribution in [0, 0.1) is 5.92 Å². The number of alkyl halides is 4. The third-order valence-electron chi connectivity index (χ3n) is 2.70. The normalized spacial score (nSPS) is 42.5. The van der Waals surface area contributed by atoms with Crippen molar-refractivity contribution < 1.29 is 37.3 Å². The van der Waals surface area contributed by atoms with Crippen LogP contribution in [0.25, 0.3) is 0 Å². The molecule has 2 fully saturated rings. The smallest absolute Gasteiger partial charge is 0.375 e. The molecule has 0 amide bonds. The Morgan fingerprint density at radius 2 is 1.93 bits per heavy atom. The van der Waals surface area contributed by atoms with Crippen molar-refractivity contribution in [2.75, 3.05) is 0 Å². The predicted molar refractivity (Wildman–Crippen MR) is 35.7 cm³/mol. The number of ether oxygens (including phenoxy) is 1. The van der Waals surface area contributed by atoms with Gasteiger partial charge in [-0.2, -0.15) is 8.78 Å². The van der Waals surface area contributed by atoms with Gasteiger partial charge in [-0.25, -0.2) is 13.6 Å². The molecule has 1 aliphatic carbocycles. The number of epoxide rings is 1. The van der Waals surface area contributed by atoms with Crippen LogP contribution in [0.15, 0.2) is 0 Å². The highest BCUT2D eigenvalue weighted by molar-refractivity contribution is 5.76. The lowest BCUT2D eigenvalue weighted by Crippen LogP contribution is -2.49. The summed E-state index contributed by atoms with van der Waals surface area (Å²) >= 11 is 0. The number of hydrogen-bond acceptors (Lipinski definition) is 3. The SMILES string of the molecule is O=C(O)C(F)(F)C1C2OC2C(F)(F)C1O. The molecule has 1 aliphatic heterocycles. The molecule has 1 heterocycles. The Labute approximate surface area is 80.4 Å². The quantitative estimate of drug-likeness (QED) is 0.521. The largest absolute Gasteiger partial charge is 0.477 e. The summed E-state index contributed by atoms with van der Waals surface area (Å²) in [6, 6.07) is 0. The highest BCUT2D eigenvalue weighted by Crippen LogP contribution is 2.56. The van der Waals surface area contributed by atoms with Crippen LogP contribution < -0.4 is 0 Å². The maximum atomic E-state index is 12.9. The number of carboxylic acid groups (broad SMARTS) is 1. The number of fused-ring (bicyclic) bond motifs is 1. The average molecular weight is 230 g/mol. The van der Waals surface area contributed by atoms with E-state index in [-0.39, 0.29) is 0 Å². The van der Waals surface area contributed by atoms with Crippen molar-refractivity contribution in [1.82, 2.24) is 0 Å². The van der Waals surface area contributed by atoms with Crippen LogP contribution in [-0.4, -0.2) is 46.3 Å².